The zero-order valence-corrected chi connectivity index (χ0v) is 19.9. The van der Waals surface area contributed by atoms with Crippen molar-refractivity contribution in [3.05, 3.63) is 63.6 Å². The number of aliphatic hydroxyl groups is 1. The van der Waals surface area contributed by atoms with E-state index in [9.17, 15) is 9.90 Å². The lowest BCUT2D eigenvalue weighted by Crippen LogP contribution is -2.45. The van der Waals surface area contributed by atoms with Crippen molar-refractivity contribution < 1.29 is 14.6 Å². The molecule has 0 radical (unpaired) electrons. The highest BCUT2D eigenvalue weighted by Gasteiger charge is 2.58. The molecule has 2 fully saturated rings. The largest absolute Gasteiger partial charge is 0.484 e. The summed E-state index contributed by atoms with van der Waals surface area (Å²) in [6.45, 7) is 4.15. The molecular weight excluding hydrogens is 447 g/mol. The van der Waals surface area contributed by atoms with Crippen LogP contribution in [0.2, 0.25) is 10.0 Å². The molecule has 32 heavy (non-hydrogen) atoms. The second kappa shape index (κ2) is 9.22. The Kier molecular flexibility index (Phi) is 6.73. The molecule has 1 aliphatic heterocycles. The molecule has 0 spiro atoms. The number of ether oxygens (including phenoxy) is 1. The van der Waals surface area contributed by atoms with Gasteiger partial charge in [-0.05, 0) is 79.3 Å². The molecule has 172 valence electrons. The molecule has 1 amide bonds. The van der Waals surface area contributed by atoms with Gasteiger partial charge in [-0.25, -0.2) is 0 Å². The van der Waals surface area contributed by atoms with E-state index in [1.54, 1.807) is 6.07 Å². The third-order valence-corrected chi connectivity index (χ3v) is 8.15. The minimum Gasteiger partial charge on any atom is -0.484 e. The molecule has 0 aromatic heterocycles. The molecule has 0 bridgehead atoms. The van der Waals surface area contributed by atoms with Crippen LogP contribution in [0.4, 0.5) is 0 Å². The average molecular weight is 477 g/mol. The molecule has 1 saturated heterocycles. The van der Waals surface area contributed by atoms with Crippen molar-refractivity contribution in [2.45, 2.75) is 57.2 Å². The molecule has 6 atom stereocenters. The van der Waals surface area contributed by atoms with Crippen molar-refractivity contribution in [1.29, 1.82) is 0 Å². The zero-order valence-electron chi connectivity index (χ0n) is 18.4. The number of nitrogens with one attached hydrogen (secondary N) is 1. The smallest absolute Gasteiger partial charge is 0.255 e. The van der Waals surface area contributed by atoms with E-state index in [0.717, 1.165) is 24.8 Å². The zero-order chi connectivity index (χ0) is 23.0. The van der Waals surface area contributed by atoms with Gasteiger partial charge in [0.05, 0.1) is 0 Å². The van der Waals surface area contributed by atoms with Crippen LogP contribution in [0.3, 0.4) is 0 Å². The third kappa shape index (κ3) is 4.12. The third-order valence-electron chi connectivity index (χ3n) is 7.57. The van der Waals surface area contributed by atoms with Crippen LogP contribution in [0.15, 0.2) is 42.5 Å². The SMILES string of the molecule is CC[C@@]12CC[C@@H](c3ccc(OCC(N)=O)cc3Cl)[C@H](c3ccc(Cl)cc3)[C@@H]1[C@@H](C)NC2O. The number of benzene rings is 2. The maximum absolute atomic E-state index is 11.0. The van der Waals surface area contributed by atoms with Crippen molar-refractivity contribution in [1.82, 2.24) is 5.32 Å². The fourth-order valence-corrected chi connectivity index (χ4v) is 6.59. The van der Waals surface area contributed by atoms with Gasteiger partial charge < -0.3 is 15.6 Å². The summed E-state index contributed by atoms with van der Waals surface area (Å²) in [7, 11) is 0. The highest BCUT2D eigenvalue weighted by Crippen LogP contribution is 2.61. The summed E-state index contributed by atoms with van der Waals surface area (Å²) in [6.07, 6.45) is 2.20. The molecule has 5 nitrogen and oxygen atoms in total. The Morgan fingerprint density at radius 3 is 2.59 bits per heavy atom. The van der Waals surface area contributed by atoms with Gasteiger partial charge >= 0.3 is 0 Å². The number of aliphatic hydroxyl groups excluding tert-OH is 1. The van der Waals surface area contributed by atoms with Gasteiger partial charge in [-0.3, -0.25) is 10.1 Å². The van der Waals surface area contributed by atoms with Crippen molar-refractivity contribution in [2.24, 2.45) is 17.1 Å². The Balaban J connectivity index is 1.76. The minimum absolute atomic E-state index is 0.158. The first kappa shape index (κ1) is 23.4. The van der Waals surface area contributed by atoms with Crippen LogP contribution < -0.4 is 15.8 Å². The number of hydrogen-bond acceptors (Lipinski definition) is 4. The lowest BCUT2D eigenvalue weighted by Gasteiger charge is -2.50. The number of fused-ring (bicyclic) bond motifs is 1. The lowest BCUT2D eigenvalue weighted by atomic mass is 9.54. The quantitative estimate of drug-likeness (QED) is 0.556. The molecule has 2 aromatic rings. The van der Waals surface area contributed by atoms with E-state index >= 15 is 0 Å². The van der Waals surface area contributed by atoms with Crippen LogP contribution in [0, 0.1) is 11.3 Å². The molecule has 4 N–H and O–H groups in total. The fraction of sp³-hybridized carbons (Fsp3) is 0.480. The van der Waals surface area contributed by atoms with E-state index in [1.807, 2.05) is 24.3 Å². The molecule has 4 rings (SSSR count). The predicted octanol–water partition coefficient (Wildman–Crippen LogP) is 4.84. The Hall–Kier alpha value is -1.79. The first-order chi connectivity index (χ1) is 15.3. The van der Waals surface area contributed by atoms with Gasteiger partial charge in [-0.2, -0.15) is 0 Å². The molecule has 7 heteroatoms. The summed E-state index contributed by atoms with van der Waals surface area (Å²) in [5, 5.41) is 15.7. The molecule has 1 aliphatic carbocycles. The van der Waals surface area contributed by atoms with Gasteiger partial charge in [0.25, 0.3) is 5.91 Å². The summed E-state index contributed by atoms with van der Waals surface area (Å²) in [5.41, 5.74) is 7.26. The number of rotatable bonds is 6. The number of carbonyl (C=O) groups is 1. The van der Waals surface area contributed by atoms with Crippen LogP contribution in [-0.2, 0) is 4.79 Å². The Morgan fingerprint density at radius 2 is 1.97 bits per heavy atom. The van der Waals surface area contributed by atoms with Crippen LogP contribution >= 0.6 is 23.2 Å². The maximum Gasteiger partial charge on any atom is 0.255 e. The van der Waals surface area contributed by atoms with Crippen molar-refractivity contribution >= 4 is 29.1 Å². The van der Waals surface area contributed by atoms with E-state index in [-0.39, 0.29) is 35.8 Å². The molecule has 1 unspecified atom stereocenters. The normalized spacial score (nSPS) is 31.8. The second-order valence-electron chi connectivity index (χ2n) is 9.13. The van der Waals surface area contributed by atoms with Crippen molar-refractivity contribution in [3.63, 3.8) is 0 Å². The summed E-state index contributed by atoms with van der Waals surface area (Å²) < 4.78 is 5.43. The van der Waals surface area contributed by atoms with E-state index in [2.05, 4.69) is 31.3 Å². The van der Waals surface area contributed by atoms with Crippen LogP contribution in [-0.4, -0.2) is 29.9 Å². The fourth-order valence-electron chi connectivity index (χ4n) is 6.16. The molecular formula is C25H30Cl2N2O3. The molecule has 2 aliphatic rings. The first-order valence-electron chi connectivity index (χ1n) is 11.2. The van der Waals surface area contributed by atoms with Gasteiger partial charge in [-0.15, -0.1) is 0 Å². The summed E-state index contributed by atoms with van der Waals surface area (Å²) in [6, 6.07) is 13.8. The van der Waals surface area contributed by atoms with Gasteiger partial charge in [0.15, 0.2) is 6.61 Å². The van der Waals surface area contributed by atoms with Gasteiger partial charge in [0, 0.05) is 21.5 Å². The molecule has 1 heterocycles. The summed E-state index contributed by atoms with van der Waals surface area (Å²) in [5.74, 6) is 0.566. The Labute approximate surface area is 199 Å². The minimum atomic E-state index is -0.530. The highest BCUT2D eigenvalue weighted by molar-refractivity contribution is 6.31. The van der Waals surface area contributed by atoms with Crippen molar-refractivity contribution in [2.75, 3.05) is 6.61 Å². The maximum atomic E-state index is 11.0. The van der Waals surface area contributed by atoms with E-state index in [4.69, 9.17) is 33.7 Å². The Morgan fingerprint density at radius 1 is 1.25 bits per heavy atom. The van der Waals surface area contributed by atoms with Gasteiger partial charge in [0.1, 0.15) is 12.0 Å². The average Bonchev–Trinajstić information content (AvgIpc) is 3.03. The summed E-state index contributed by atoms with van der Waals surface area (Å²) in [4.78, 5) is 11.0. The number of carbonyl (C=O) groups excluding carboxylic acids is 1. The Bertz CT molecular complexity index is 984. The monoisotopic (exact) mass is 476 g/mol. The van der Waals surface area contributed by atoms with Crippen LogP contribution in [0.1, 0.15) is 56.1 Å². The molecule has 2 aromatic carbocycles. The second-order valence-corrected chi connectivity index (χ2v) is 9.97. The van der Waals surface area contributed by atoms with Gasteiger partial charge in [0.2, 0.25) is 0 Å². The van der Waals surface area contributed by atoms with Crippen LogP contribution in [0.5, 0.6) is 5.75 Å². The number of hydrogen-bond donors (Lipinski definition) is 3. The van der Waals surface area contributed by atoms with Crippen molar-refractivity contribution in [3.8, 4) is 5.75 Å². The topological polar surface area (TPSA) is 84.6 Å². The number of nitrogens with two attached hydrogens (primary N) is 1. The molecule has 1 saturated carbocycles. The predicted molar refractivity (Wildman–Crippen MR) is 127 cm³/mol. The number of primary amides is 1. The number of halogens is 2. The van der Waals surface area contributed by atoms with E-state index in [0.29, 0.717) is 15.8 Å². The lowest BCUT2D eigenvalue weighted by molar-refractivity contribution is -0.119. The van der Waals surface area contributed by atoms with Gasteiger partial charge in [-0.1, -0.05) is 48.3 Å². The summed E-state index contributed by atoms with van der Waals surface area (Å²) >= 11 is 12.9. The van der Waals surface area contributed by atoms with E-state index < -0.39 is 12.1 Å². The van der Waals surface area contributed by atoms with E-state index in [1.165, 1.54) is 5.56 Å². The highest BCUT2D eigenvalue weighted by atomic mass is 35.5. The first-order valence-corrected chi connectivity index (χ1v) is 11.9. The number of amides is 1. The van der Waals surface area contributed by atoms with Crippen LogP contribution in [0.25, 0.3) is 0 Å². The standard InChI is InChI=1S/C25H30Cl2N2O3/c1-3-25-11-10-19(18-9-8-17(12-20(18)27)32-13-21(28)30)22(15-4-6-16(26)7-5-15)23(25)14(2)29-24(25)31/h4-9,12,14,19,22-24,29,31H,3,10-11,13H2,1-2H3,(H2,28,30)/t14-,19+,22+,23+,24?,25-/m1/s1.